The summed E-state index contributed by atoms with van der Waals surface area (Å²) < 4.78 is 13.0. The van der Waals surface area contributed by atoms with Crippen LogP contribution in [-0.4, -0.2) is 12.0 Å². The third-order valence-electron chi connectivity index (χ3n) is 2.10. The quantitative estimate of drug-likeness (QED) is 0.835. The second-order valence-corrected chi connectivity index (χ2v) is 4.66. The maximum absolute atomic E-state index is 13.0. The van der Waals surface area contributed by atoms with Crippen LogP contribution >= 0.6 is 22.9 Å². The van der Waals surface area contributed by atoms with Gasteiger partial charge < -0.3 is 4.90 Å². The predicted molar refractivity (Wildman–Crippen MR) is 65.6 cm³/mol. The van der Waals surface area contributed by atoms with Gasteiger partial charge in [-0.2, -0.15) is 0 Å². The van der Waals surface area contributed by atoms with Gasteiger partial charge in [-0.05, 0) is 17.7 Å². The molecule has 1 aromatic carbocycles. The standard InChI is InChI=1S/C11H10ClFN2S/c1-15(11-14-10(12)7-16-11)6-8-3-2-4-9(13)5-8/h2-5,7H,6H2,1H3. The summed E-state index contributed by atoms with van der Waals surface area (Å²) in [7, 11) is 1.90. The molecule has 0 aliphatic rings. The molecular formula is C11H10ClFN2S. The highest BCUT2D eigenvalue weighted by atomic mass is 35.5. The molecule has 0 bridgehead atoms. The highest BCUT2D eigenvalue weighted by Crippen LogP contribution is 2.23. The third kappa shape index (κ3) is 2.71. The van der Waals surface area contributed by atoms with Crippen molar-refractivity contribution in [3.8, 4) is 0 Å². The molecule has 0 unspecified atom stereocenters. The molecule has 2 rings (SSSR count). The van der Waals surface area contributed by atoms with E-state index in [1.807, 2.05) is 18.0 Å². The zero-order valence-electron chi connectivity index (χ0n) is 8.65. The normalized spacial score (nSPS) is 10.4. The zero-order valence-corrected chi connectivity index (χ0v) is 10.2. The maximum atomic E-state index is 13.0. The van der Waals surface area contributed by atoms with Gasteiger partial charge in [-0.1, -0.05) is 23.7 Å². The zero-order chi connectivity index (χ0) is 11.5. The lowest BCUT2D eigenvalue weighted by atomic mass is 10.2. The fraction of sp³-hybridized carbons (Fsp3) is 0.182. The smallest absolute Gasteiger partial charge is 0.186 e. The maximum Gasteiger partial charge on any atom is 0.186 e. The Kier molecular flexibility index (Phi) is 3.41. The Labute approximate surface area is 102 Å². The monoisotopic (exact) mass is 256 g/mol. The van der Waals surface area contributed by atoms with E-state index in [2.05, 4.69) is 4.98 Å². The van der Waals surface area contributed by atoms with Gasteiger partial charge in [0.2, 0.25) is 0 Å². The molecule has 2 aromatic rings. The predicted octanol–water partition coefficient (Wildman–Crippen LogP) is 3.57. The highest BCUT2D eigenvalue weighted by Gasteiger charge is 2.06. The van der Waals surface area contributed by atoms with E-state index in [0.29, 0.717) is 11.7 Å². The summed E-state index contributed by atoms with van der Waals surface area (Å²) in [5.41, 5.74) is 0.911. The second-order valence-electron chi connectivity index (χ2n) is 3.44. The van der Waals surface area contributed by atoms with Gasteiger partial charge in [0.05, 0.1) is 0 Å². The first-order valence-electron chi connectivity index (χ1n) is 4.72. The molecule has 1 aromatic heterocycles. The Hall–Kier alpha value is -1.13. The van der Waals surface area contributed by atoms with Crippen molar-refractivity contribution in [3.05, 3.63) is 46.2 Å². The van der Waals surface area contributed by atoms with Crippen molar-refractivity contribution >= 4 is 28.1 Å². The van der Waals surface area contributed by atoms with E-state index >= 15 is 0 Å². The van der Waals surface area contributed by atoms with Crippen LogP contribution in [0.15, 0.2) is 29.6 Å². The number of nitrogens with zero attached hydrogens (tertiary/aromatic N) is 2. The van der Waals surface area contributed by atoms with Gasteiger partial charge in [-0.15, -0.1) is 11.3 Å². The molecule has 0 saturated heterocycles. The van der Waals surface area contributed by atoms with E-state index < -0.39 is 0 Å². The summed E-state index contributed by atoms with van der Waals surface area (Å²) >= 11 is 7.22. The lowest BCUT2D eigenvalue weighted by molar-refractivity contribution is 0.625. The molecule has 0 N–H and O–H groups in total. The molecule has 0 fully saturated rings. The Bertz CT molecular complexity index is 486. The summed E-state index contributed by atoms with van der Waals surface area (Å²) in [6, 6.07) is 6.54. The first kappa shape index (κ1) is 11.4. The van der Waals surface area contributed by atoms with Crippen LogP contribution in [-0.2, 0) is 6.54 Å². The number of halogens is 2. The molecule has 5 heteroatoms. The van der Waals surface area contributed by atoms with Crippen molar-refractivity contribution < 1.29 is 4.39 Å². The van der Waals surface area contributed by atoms with Gasteiger partial charge >= 0.3 is 0 Å². The van der Waals surface area contributed by atoms with Crippen LogP contribution in [0.2, 0.25) is 5.15 Å². The molecule has 84 valence electrons. The minimum atomic E-state index is -0.219. The Morgan fingerprint density at radius 1 is 1.50 bits per heavy atom. The molecule has 0 spiro atoms. The average Bonchev–Trinajstić information content (AvgIpc) is 2.65. The van der Waals surface area contributed by atoms with Crippen LogP contribution in [0.5, 0.6) is 0 Å². The number of hydrogen-bond donors (Lipinski definition) is 0. The average molecular weight is 257 g/mol. The van der Waals surface area contributed by atoms with Gasteiger partial charge in [0.1, 0.15) is 11.0 Å². The van der Waals surface area contributed by atoms with Crippen molar-refractivity contribution in [3.63, 3.8) is 0 Å². The molecule has 0 aliphatic heterocycles. The summed E-state index contributed by atoms with van der Waals surface area (Å²) in [5, 5.41) is 3.10. The van der Waals surface area contributed by atoms with Gasteiger partial charge in [-0.3, -0.25) is 0 Å². The molecule has 1 heterocycles. The number of hydrogen-bond acceptors (Lipinski definition) is 3. The van der Waals surface area contributed by atoms with Crippen LogP contribution in [0.3, 0.4) is 0 Å². The molecule has 0 atom stereocenters. The number of aromatic nitrogens is 1. The number of benzene rings is 1. The van der Waals surface area contributed by atoms with Crippen molar-refractivity contribution in [2.24, 2.45) is 0 Å². The van der Waals surface area contributed by atoms with E-state index in [4.69, 9.17) is 11.6 Å². The minimum absolute atomic E-state index is 0.219. The fourth-order valence-electron chi connectivity index (χ4n) is 1.40. The number of rotatable bonds is 3. The van der Waals surface area contributed by atoms with Gasteiger partial charge in [-0.25, -0.2) is 9.37 Å². The first-order chi connectivity index (χ1) is 7.65. The van der Waals surface area contributed by atoms with Gasteiger partial charge in [0.25, 0.3) is 0 Å². The van der Waals surface area contributed by atoms with E-state index in [1.165, 1.54) is 23.5 Å². The molecule has 0 aliphatic carbocycles. The van der Waals surface area contributed by atoms with Crippen molar-refractivity contribution in [2.45, 2.75) is 6.54 Å². The summed E-state index contributed by atoms with van der Waals surface area (Å²) in [4.78, 5) is 6.08. The van der Waals surface area contributed by atoms with Crippen LogP contribution in [0, 0.1) is 5.82 Å². The van der Waals surface area contributed by atoms with Gasteiger partial charge in [0.15, 0.2) is 5.13 Å². The topological polar surface area (TPSA) is 16.1 Å². The Balaban J connectivity index is 2.10. The van der Waals surface area contributed by atoms with Crippen LogP contribution in [0.1, 0.15) is 5.56 Å². The Morgan fingerprint density at radius 3 is 2.94 bits per heavy atom. The van der Waals surface area contributed by atoms with E-state index in [0.717, 1.165) is 10.7 Å². The van der Waals surface area contributed by atoms with Gasteiger partial charge in [0, 0.05) is 19.0 Å². The van der Waals surface area contributed by atoms with Crippen molar-refractivity contribution in [2.75, 3.05) is 11.9 Å². The number of anilines is 1. The lowest BCUT2D eigenvalue weighted by Crippen LogP contribution is -2.16. The molecule has 0 saturated carbocycles. The molecule has 0 amide bonds. The molecular weight excluding hydrogens is 247 g/mol. The molecule has 2 nitrogen and oxygen atoms in total. The Morgan fingerprint density at radius 2 is 2.31 bits per heavy atom. The van der Waals surface area contributed by atoms with Crippen LogP contribution in [0.25, 0.3) is 0 Å². The van der Waals surface area contributed by atoms with Crippen LogP contribution in [0.4, 0.5) is 9.52 Å². The van der Waals surface area contributed by atoms with E-state index in [-0.39, 0.29) is 5.82 Å². The minimum Gasteiger partial charge on any atom is -0.347 e. The van der Waals surface area contributed by atoms with E-state index in [1.54, 1.807) is 11.4 Å². The summed E-state index contributed by atoms with van der Waals surface area (Å²) in [5.74, 6) is -0.219. The summed E-state index contributed by atoms with van der Waals surface area (Å²) in [6.45, 7) is 0.613. The van der Waals surface area contributed by atoms with E-state index in [9.17, 15) is 4.39 Å². The second kappa shape index (κ2) is 4.80. The SMILES string of the molecule is CN(Cc1cccc(F)c1)c1nc(Cl)cs1. The molecule has 0 radical (unpaired) electrons. The largest absolute Gasteiger partial charge is 0.347 e. The fourth-order valence-corrected chi connectivity index (χ4v) is 2.31. The third-order valence-corrected chi connectivity index (χ3v) is 3.38. The highest BCUT2D eigenvalue weighted by molar-refractivity contribution is 7.14. The van der Waals surface area contributed by atoms with Crippen molar-refractivity contribution in [1.82, 2.24) is 4.98 Å². The first-order valence-corrected chi connectivity index (χ1v) is 5.97. The molecule has 16 heavy (non-hydrogen) atoms. The summed E-state index contributed by atoms with van der Waals surface area (Å²) in [6.07, 6.45) is 0. The van der Waals surface area contributed by atoms with Crippen molar-refractivity contribution in [1.29, 1.82) is 0 Å². The lowest BCUT2D eigenvalue weighted by Gasteiger charge is -2.15. The number of thiazole rings is 1. The van der Waals surface area contributed by atoms with Crippen LogP contribution < -0.4 is 4.90 Å².